The van der Waals surface area contributed by atoms with Gasteiger partial charge in [-0.2, -0.15) is 0 Å². The molecule has 2 N–H and O–H groups in total. The predicted molar refractivity (Wildman–Crippen MR) is 124 cm³/mol. The van der Waals surface area contributed by atoms with Crippen LogP contribution in [0.1, 0.15) is 86.5 Å². The molecule has 0 aromatic rings. The molecule has 2 unspecified atom stereocenters. The number of carbonyl (C=O) groups is 2. The lowest BCUT2D eigenvalue weighted by Crippen LogP contribution is -2.64. The van der Waals surface area contributed by atoms with Crippen LogP contribution in [-0.2, 0) is 19.1 Å². The van der Waals surface area contributed by atoms with Crippen LogP contribution < -0.4 is 0 Å². The molecule has 0 heterocycles. The minimum Gasteiger partial charge on any atom is -0.458 e. The Morgan fingerprint density at radius 3 is 2.30 bits per heavy atom. The molecule has 4 saturated carbocycles. The molecule has 0 aromatic carbocycles. The van der Waals surface area contributed by atoms with Gasteiger partial charge in [-0.1, -0.05) is 26.3 Å². The first-order valence-electron chi connectivity index (χ1n) is 12.6. The highest BCUT2D eigenvalue weighted by Gasteiger charge is 2.69. The average Bonchev–Trinajstić information content (AvgIpc) is 2.89. The van der Waals surface area contributed by atoms with Crippen molar-refractivity contribution >= 4 is 11.9 Å². The lowest BCUT2D eigenvalue weighted by Gasteiger charge is -2.65. The Labute approximate surface area is 198 Å². The maximum atomic E-state index is 12.7. The molecular formula is C27H42O6. The fraction of sp³-hybridized carbons (Fsp3) is 0.852. The summed E-state index contributed by atoms with van der Waals surface area (Å²) < 4.78 is 11.9. The van der Waals surface area contributed by atoms with Crippen LogP contribution in [0.4, 0.5) is 0 Å². The number of aliphatic hydroxyl groups is 2. The number of hydrogen-bond acceptors (Lipinski definition) is 6. The monoisotopic (exact) mass is 462 g/mol. The summed E-state index contributed by atoms with van der Waals surface area (Å²) in [6, 6.07) is 0. The molecule has 186 valence electrons. The number of carbonyl (C=O) groups excluding carboxylic acids is 2. The topological polar surface area (TPSA) is 93.1 Å². The van der Waals surface area contributed by atoms with Gasteiger partial charge in [0, 0.05) is 18.4 Å². The molecule has 1 spiro atoms. The third-order valence-electron chi connectivity index (χ3n) is 9.99. The highest BCUT2D eigenvalue weighted by atomic mass is 16.6. The quantitative estimate of drug-likeness (QED) is 0.481. The van der Waals surface area contributed by atoms with Crippen LogP contribution in [0.2, 0.25) is 0 Å². The summed E-state index contributed by atoms with van der Waals surface area (Å²) in [5.41, 5.74) is -0.562. The maximum absolute atomic E-state index is 12.7. The van der Waals surface area contributed by atoms with Crippen molar-refractivity contribution in [2.75, 3.05) is 6.61 Å². The molecule has 0 radical (unpaired) electrons. The Bertz CT molecular complexity index is 844. The first kappa shape index (κ1) is 24.7. The lowest BCUT2D eigenvalue weighted by atomic mass is 9.40. The predicted octanol–water partition coefficient (Wildman–Crippen LogP) is 4.17. The Morgan fingerprint density at radius 1 is 1.00 bits per heavy atom. The van der Waals surface area contributed by atoms with Gasteiger partial charge in [-0.3, -0.25) is 4.79 Å². The zero-order chi connectivity index (χ0) is 24.4. The highest BCUT2D eigenvalue weighted by Crippen LogP contribution is 2.73. The van der Waals surface area contributed by atoms with Crippen molar-refractivity contribution in [2.24, 2.45) is 34.0 Å². The van der Waals surface area contributed by atoms with Crippen molar-refractivity contribution in [2.45, 2.75) is 104 Å². The SMILES string of the molecule is CC(=O)O[C@@H]1[C@H](OC(=O)C=C(C)C)C[C@@]2(C)C(CC[C@@]34C[C@@H](CCC32)[C@@](O)(CO)C4)C1(C)C. The van der Waals surface area contributed by atoms with Crippen molar-refractivity contribution in [3.8, 4) is 0 Å². The van der Waals surface area contributed by atoms with Gasteiger partial charge >= 0.3 is 11.9 Å². The van der Waals surface area contributed by atoms with E-state index in [1.807, 2.05) is 13.8 Å². The van der Waals surface area contributed by atoms with Gasteiger partial charge in [-0.25, -0.2) is 4.79 Å². The fourth-order valence-corrected chi connectivity index (χ4v) is 9.05. The van der Waals surface area contributed by atoms with E-state index < -0.39 is 17.8 Å². The van der Waals surface area contributed by atoms with E-state index in [4.69, 9.17) is 9.47 Å². The van der Waals surface area contributed by atoms with Gasteiger partial charge in [0.25, 0.3) is 0 Å². The third kappa shape index (κ3) is 3.85. The van der Waals surface area contributed by atoms with E-state index in [0.29, 0.717) is 24.7 Å². The van der Waals surface area contributed by atoms with E-state index in [1.165, 1.54) is 13.0 Å². The van der Waals surface area contributed by atoms with Crippen LogP contribution in [0.5, 0.6) is 0 Å². The van der Waals surface area contributed by atoms with Crippen molar-refractivity contribution in [1.29, 1.82) is 0 Å². The van der Waals surface area contributed by atoms with E-state index in [9.17, 15) is 19.8 Å². The van der Waals surface area contributed by atoms with Crippen molar-refractivity contribution < 1.29 is 29.3 Å². The Balaban J connectivity index is 1.72. The first-order chi connectivity index (χ1) is 15.3. The molecule has 6 nitrogen and oxygen atoms in total. The van der Waals surface area contributed by atoms with Crippen LogP contribution in [-0.4, -0.2) is 46.6 Å². The van der Waals surface area contributed by atoms with E-state index in [0.717, 1.165) is 37.7 Å². The molecule has 0 aromatic heterocycles. The molecule has 0 saturated heterocycles. The number of ether oxygens (including phenoxy) is 2. The summed E-state index contributed by atoms with van der Waals surface area (Å²) in [5.74, 6) is 0.109. The van der Waals surface area contributed by atoms with Gasteiger partial charge in [-0.05, 0) is 87.4 Å². The van der Waals surface area contributed by atoms with Gasteiger partial charge in [0.2, 0.25) is 0 Å². The van der Waals surface area contributed by atoms with Crippen LogP contribution in [0.3, 0.4) is 0 Å². The van der Waals surface area contributed by atoms with Crippen molar-refractivity contribution in [1.82, 2.24) is 0 Å². The largest absolute Gasteiger partial charge is 0.458 e. The molecule has 4 aliphatic carbocycles. The summed E-state index contributed by atoms with van der Waals surface area (Å²) in [5, 5.41) is 21.2. The van der Waals surface area contributed by atoms with Crippen LogP contribution >= 0.6 is 0 Å². The van der Waals surface area contributed by atoms with Gasteiger partial charge in [0.15, 0.2) is 0 Å². The summed E-state index contributed by atoms with van der Waals surface area (Å²) >= 11 is 0. The van der Waals surface area contributed by atoms with E-state index >= 15 is 0 Å². The zero-order valence-electron chi connectivity index (χ0n) is 21.1. The zero-order valence-corrected chi connectivity index (χ0v) is 21.1. The molecule has 6 heteroatoms. The normalized spacial score (nSPS) is 45.4. The molecule has 2 bridgehead atoms. The molecule has 4 fully saturated rings. The molecule has 0 amide bonds. The second kappa shape index (κ2) is 8.08. The molecule has 4 rings (SSSR count). The number of esters is 2. The molecule has 8 atom stereocenters. The minimum absolute atomic E-state index is 0.0183. The Morgan fingerprint density at radius 2 is 1.70 bits per heavy atom. The standard InChI is InChI=1S/C27H42O6/c1-16(2)11-22(30)33-19-13-25(6)20(24(4,5)23(19)32-17(3)29)9-10-26-12-18(7-8-21(25)26)27(31,14-26)15-28/h11,18-21,23,28,31H,7-10,12-15H2,1-6H3/t18-,19-,20?,21?,23-,25+,26+,27+/m1/s1. The first-order valence-corrected chi connectivity index (χ1v) is 12.6. The average molecular weight is 463 g/mol. The van der Waals surface area contributed by atoms with Crippen LogP contribution in [0, 0.1) is 34.0 Å². The summed E-state index contributed by atoms with van der Waals surface area (Å²) in [4.78, 5) is 24.7. The number of hydrogen-bond donors (Lipinski definition) is 2. The number of allylic oxidation sites excluding steroid dienone is 1. The van der Waals surface area contributed by atoms with E-state index in [-0.39, 0.29) is 40.7 Å². The van der Waals surface area contributed by atoms with Crippen LogP contribution in [0.25, 0.3) is 0 Å². The molecule has 0 aliphatic heterocycles. The Kier molecular flexibility index (Phi) is 6.05. The van der Waals surface area contributed by atoms with Crippen molar-refractivity contribution in [3.05, 3.63) is 11.6 Å². The van der Waals surface area contributed by atoms with Gasteiger partial charge < -0.3 is 19.7 Å². The van der Waals surface area contributed by atoms with E-state index in [2.05, 4.69) is 20.8 Å². The molecule has 4 aliphatic rings. The number of aliphatic hydroxyl groups excluding tert-OH is 1. The third-order valence-corrected chi connectivity index (χ3v) is 9.99. The summed E-state index contributed by atoms with van der Waals surface area (Å²) in [6.45, 7) is 11.6. The van der Waals surface area contributed by atoms with Crippen LogP contribution in [0.15, 0.2) is 11.6 Å². The summed E-state index contributed by atoms with van der Waals surface area (Å²) in [7, 11) is 0. The number of rotatable bonds is 4. The summed E-state index contributed by atoms with van der Waals surface area (Å²) in [6.07, 6.45) is 6.71. The minimum atomic E-state index is -0.974. The number of fused-ring (bicyclic) bond motifs is 3. The second-order valence-corrected chi connectivity index (χ2v) is 12.7. The molecular weight excluding hydrogens is 420 g/mol. The molecule has 33 heavy (non-hydrogen) atoms. The fourth-order valence-electron chi connectivity index (χ4n) is 9.05. The van der Waals surface area contributed by atoms with Crippen molar-refractivity contribution in [3.63, 3.8) is 0 Å². The van der Waals surface area contributed by atoms with E-state index in [1.54, 1.807) is 0 Å². The highest BCUT2D eigenvalue weighted by molar-refractivity contribution is 5.82. The lowest BCUT2D eigenvalue weighted by molar-refractivity contribution is -0.234. The Hall–Kier alpha value is -1.40. The van der Waals surface area contributed by atoms with Gasteiger partial charge in [0.1, 0.15) is 12.2 Å². The van der Waals surface area contributed by atoms with Gasteiger partial charge in [0.05, 0.1) is 12.2 Å². The maximum Gasteiger partial charge on any atom is 0.331 e. The van der Waals surface area contributed by atoms with Gasteiger partial charge in [-0.15, -0.1) is 0 Å². The second-order valence-electron chi connectivity index (χ2n) is 12.7. The smallest absolute Gasteiger partial charge is 0.331 e.